The Balaban J connectivity index is 1.85. The second-order valence-electron chi connectivity index (χ2n) is 9.43. The normalized spacial score (nSPS) is 11.4. The Morgan fingerprint density at radius 2 is 1.88 bits per heavy atom. The Labute approximate surface area is 242 Å². The molecular formula is C28H35N7O7. The summed E-state index contributed by atoms with van der Waals surface area (Å²) in [6.45, 7) is 8.63. The Bertz CT molecular complexity index is 1470. The number of carbonyl (C=O) groups is 5. The van der Waals surface area contributed by atoms with E-state index in [4.69, 9.17) is 9.47 Å². The predicted octanol–water partition coefficient (Wildman–Crippen LogP) is 2.85. The van der Waals surface area contributed by atoms with E-state index in [0.29, 0.717) is 47.5 Å². The molecule has 0 saturated heterocycles. The molecule has 0 bridgehead atoms. The van der Waals surface area contributed by atoms with Gasteiger partial charge in [0, 0.05) is 30.5 Å². The number of rotatable bonds is 13. The van der Waals surface area contributed by atoms with Crippen LogP contribution in [0.25, 0.3) is 5.52 Å². The van der Waals surface area contributed by atoms with Gasteiger partial charge in [-0.05, 0) is 56.9 Å². The molecule has 1 aromatic carbocycles. The lowest BCUT2D eigenvalue weighted by Crippen LogP contribution is -2.39. The number of anilines is 2. The second-order valence-corrected chi connectivity index (χ2v) is 9.43. The van der Waals surface area contributed by atoms with E-state index in [9.17, 15) is 24.0 Å². The molecule has 3 aromatic rings. The molecule has 0 aliphatic rings. The van der Waals surface area contributed by atoms with Gasteiger partial charge in [-0.15, -0.1) is 0 Å². The first-order valence-corrected chi connectivity index (χ1v) is 13.5. The van der Waals surface area contributed by atoms with E-state index in [-0.39, 0.29) is 18.0 Å². The molecule has 0 aliphatic heterocycles. The van der Waals surface area contributed by atoms with Crippen molar-refractivity contribution in [2.24, 2.45) is 0 Å². The zero-order valence-electron chi connectivity index (χ0n) is 24.2. The summed E-state index contributed by atoms with van der Waals surface area (Å²) in [7, 11) is 0. The van der Waals surface area contributed by atoms with Gasteiger partial charge in [0.2, 0.25) is 13.2 Å². The number of fused-ring (bicyclic) bond motifs is 1. The molecule has 224 valence electrons. The second kappa shape index (κ2) is 14.6. The highest BCUT2D eigenvalue weighted by molar-refractivity contribution is 6.05. The molecule has 0 aliphatic carbocycles. The summed E-state index contributed by atoms with van der Waals surface area (Å²) in [4.78, 5) is 66.4. The summed E-state index contributed by atoms with van der Waals surface area (Å²) < 4.78 is 11.3. The largest absolute Gasteiger partial charge is 0.426 e. The lowest BCUT2D eigenvalue weighted by Gasteiger charge is -2.20. The first-order chi connectivity index (χ1) is 20.1. The highest BCUT2D eigenvalue weighted by atomic mass is 16.7. The van der Waals surface area contributed by atoms with Crippen molar-refractivity contribution >= 4 is 47.3 Å². The van der Waals surface area contributed by atoms with Crippen molar-refractivity contribution in [1.29, 1.82) is 0 Å². The third kappa shape index (κ3) is 7.38. The maximum Gasteiger partial charge on any atom is 0.419 e. The molecule has 1 atom stereocenters. The number of esters is 1. The van der Waals surface area contributed by atoms with Gasteiger partial charge in [0.15, 0.2) is 5.82 Å². The number of hydrogen-bond donors (Lipinski definition) is 3. The highest BCUT2D eigenvalue weighted by Crippen LogP contribution is 2.28. The average molecular weight is 582 g/mol. The summed E-state index contributed by atoms with van der Waals surface area (Å²) in [6, 6.07) is 4.36. The van der Waals surface area contributed by atoms with Crippen molar-refractivity contribution in [2.45, 2.75) is 53.5 Å². The minimum Gasteiger partial charge on any atom is -0.426 e. The van der Waals surface area contributed by atoms with Gasteiger partial charge in [-0.1, -0.05) is 19.9 Å². The topological polar surface area (TPSA) is 173 Å². The van der Waals surface area contributed by atoms with Crippen LogP contribution in [0.15, 0.2) is 30.7 Å². The van der Waals surface area contributed by atoms with E-state index in [2.05, 4.69) is 26.0 Å². The summed E-state index contributed by atoms with van der Waals surface area (Å²) in [5.41, 5.74) is 3.20. The Kier molecular flexibility index (Phi) is 10.9. The molecule has 4 amide bonds. The quantitative estimate of drug-likeness (QED) is 0.155. The predicted molar refractivity (Wildman–Crippen MR) is 152 cm³/mol. The lowest BCUT2D eigenvalue weighted by molar-refractivity contribution is -0.154. The van der Waals surface area contributed by atoms with Gasteiger partial charge in [-0.25, -0.2) is 24.0 Å². The first kappa shape index (κ1) is 31.5. The molecule has 0 radical (unpaired) electrons. The number of carbonyl (C=O) groups excluding carboxylic acids is 5. The van der Waals surface area contributed by atoms with Gasteiger partial charge >= 0.3 is 12.1 Å². The molecule has 3 N–H and O–H groups in total. The van der Waals surface area contributed by atoms with E-state index in [0.717, 1.165) is 16.9 Å². The summed E-state index contributed by atoms with van der Waals surface area (Å²) >= 11 is 0. The average Bonchev–Trinajstić information content (AvgIpc) is 3.32. The molecule has 14 nitrogen and oxygen atoms in total. The van der Waals surface area contributed by atoms with Crippen molar-refractivity contribution in [3.63, 3.8) is 0 Å². The van der Waals surface area contributed by atoms with Crippen LogP contribution < -0.4 is 16.0 Å². The van der Waals surface area contributed by atoms with E-state index < -0.39 is 30.8 Å². The molecular weight excluding hydrogens is 546 g/mol. The van der Waals surface area contributed by atoms with Gasteiger partial charge in [0.05, 0.1) is 5.56 Å². The SMILES string of the molecule is CCCNC(=O)c1ccc(C)c(Nc2ncnn3cc(C(=O)N(CCC)C(=O)OCOC(=O)C(C)NC=O)c(C)c23)c1. The van der Waals surface area contributed by atoms with Gasteiger partial charge in [-0.2, -0.15) is 5.10 Å². The van der Waals surface area contributed by atoms with E-state index in [1.54, 1.807) is 26.0 Å². The number of nitrogens with one attached hydrogen (secondary N) is 3. The fourth-order valence-electron chi connectivity index (χ4n) is 3.99. The fourth-order valence-corrected chi connectivity index (χ4v) is 3.99. The Morgan fingerprint density at radius 3 is 2.57 bits per heavy atom. The number of hydrogen-bond acceptors (Lipinski definition) is 10. The van der Waals surface area contributed by atoms with Crippen LogP contribution in [0.1, 0.15) is 65.5 Å². The molecule has 42 heavy (non-hydrogen) atoms. The fraction of sp³-hybridized carbons (Fsp3) is 0.393. The summed E-state index contributed by atoms with van der Waals surface area (Å²) in [5.74, 6) is -1.24. The minimum absolute atomic E-state index is 0.0449. The van der Waals surface area contributed by atoms with Gasteiger partial charge < -0.3 is 25.4 Å². The minimum atomic E-state index is -1.00. The molecule has 2 aromatic heterocycles. The van der Waals surface area contributed by atoms with E-state index in [1.165, 1.54) is 24.0 Å². The maximum absolute atomic E-state index is 13.5. The van der Waals surface area contributed by atoms with Crippen molar-refractivity contribution in [2.75, 3.05) is 25.2 Å². The number of ether oxygens (including phenoxy) is 2. The Morgan fingerprint density at radius 1 is 1.12 bits per heavy atom. The van der Waals surface area contributed by atoms with Crippen LogP contribution in [-0.2, 0) is 19.1 Å². The number of imide groups is 1. The maximum atomic E-state index is 13.5. The van der Waals surface area contributed by atoms with Crippen LogP contribution in [0.4, 0.5) is 16.3 Å². The van der Waals surface area contributed by atoms with Gasteiger partial charge in [0.25, 0.3) is 11.8 Å². The van der Waals surface area contributed by atoms with E-state index in [1.807, 2.05) is 19.9 Å². The smallest absolute Gasteiger partial charge is 0.419 e. The molecule has 0 saturated carbocycles. The summed E-state index contributed by atoms with van der Waals surface area (Å²) in [5, 5.41) is 12.6. The van der Waals surface area contributed by atoms with E-state index >= 15 is 0 Å². The molecule has 0 fully saturated rings. The molecule has 0 spiro atoms. The van der Waals surface area contributed by atoms with Crippen molar-refractivity contribution < 1.29 is 33.4 Å². The first-order valence-electron chi connectivity index (χ1n) is 13.5. The Hall–Kier alpha value is -5.01. The molecule has 3 rings (SSSR count). The van der Waals surface area contributed by atoms with Crippen LogP contribution >= 0.6 is 0 Å². The van der Waals surface area contributed by atoms with Crippen molar-refractivity contribution in [3.05, 3.63) is 53.0 Å². The number of amides is 4. The zero-order chi connectivity index (χ0) is 30.8. The van der Waals surface area contributed by atoms with Crippen LogP contribution in [0.2, 0.25) is 0 Å². The third-order valence-electron chi connectivity index (χ3n) is 6.31. The lowest BCUT2D eigenvalue weighted by atomic mass is 10.1. The summed E-state index contributed by atoms with van der Waals surface area (Å²) in [6.07, 6.45) is 3.42. The molecule has 1 unspecified atom stereocenters. The number of benzene rings is 1. The van der Waals surface area contributed by atoms with Crippen molar-refractivity contribution in [1.82, 2.24) is 30.1 Å². The molecule has 14 heteroatoms. The van der Waals surface area contributed by atoms with Gasteiger partial charge in [0.1, 0.15) is 17.9 Å². The third-order valence-corrected chi connectivity index (χ3v) is 6.31. The standard InChI is InChI=1S/C28H35N7O7/c1-6-10-29-25(37)20-9-8-17(3)22(12-20)33-24-23-18(4)21(13-35(23)32-14-30-24)26(38)34(11-7-2)28(40)42-16-41-27(39)19(5)31-15-36/h8-9,12-15,19H,6-7,10-11,16H2,1-5H3,(H,29,37)(H,31,36)(H,30,32,33). The van der Waals surface area contributed by atoms with Crippen LogP contribution in [0.3, 0.4) is 0 Å². The molecule has 2 heterocycles. The van der Waals surface area contributed by atoms with Crippen LogP contribution in [0, 0.1) is 13.8 Å². The van der Waals surface area contributed by atoms with Gasteiger partial charge in [-0.3, -0.25) is 14.4 Å². The number of nitrogens with zero attached hydrogens (tertiary/aromatic N) is 4. The van der Waals surface area contributed by atoms with Crippen molar-refractivity contribution in [3.8, 4) is 0 Å². The number of aromatic nitrogens is 3. The van der Waals surface area contributed by atoms with Crippen LogP contribution in [0.5, 0.6) is 0 Å². The monoisotopic (exact) mass is 581 g/mol. The number of aryl methyl sites for hydroxylation is 2. The van der Waals surface area contributed by atoms with Crippen LogP contribution in [-0.4, -0.2) is 75.7 Å². The zero-order valence-corrected chi connectivity index (χ0v) is 24.2. The highest BCUT2D eigenvalue weighted by Gasteiger charge is 2.28.